The predicted octanol–water partition coefficient (Wildman–Crippen LogP) is 4.45. The van der Waals surface area contributed by atoms with E-state index in [0.29, 0.717) is 6.61 Å². The van der Waals surface area contributed by atoms with Crippen molar-refractivity contribution in [3.8, 4) is 11.3 Å². The summed E-state index contributed by atoms with van der Waals surface area (Å²) in [6, 6.07) is 7.69. The molecule has 0 saturated carbocycles. The lowest BCUT2D eigenvalue weighted by atomic mass is 10.2. The van der Waals surface area contributed by atoms with Gasteiger partial charge in [0.15, 0.2) is 0 Å². The van der Waals surface area contributed by atoms with Crippen LogP contribution in [-0.2, 0) is 4.74 Å². The summed E-state index contributed by atoms with van der Waals surface area (Å²) in [4.78, 5) is 12.4. The second kappa shape index (κ2) is 6.87. The fourth-order valence-electron chi connectivity index (χ4n) is 3.07. The van der Waals surface area contributed by atoms with Gasteiger partial charge in [-0.25, -0.2) is 14.5 Å². The van der Waals surface area contributed by atoms with Gasteiger partial charge in [0.25, 0.3) is 0 Å². The molecule has 1 saturated heterocycles. The first-order chi connectivity index (χ1) is 13.2. The highest BCUT2D eigenvalue weighted by molar-refractivity contribution is 7.20. The van der Waals surface area contributed by atoms with E-state index in [1.54, 1.807) is 22.7 Å². The van der Waals surface area contributed by atoms with Gasteiger partial charge >= 0.3 is 0 Å². The fourth-order valence-corrected chi connectivity index (χ4v) is 4.95. The lowest BCUT2D eigenvalue weighted by molar-refractivity contribution is 0.0395. The minimum atomic E-state index is -0.00157. The number of hydrogen-bond donors (Lipinski definition) is 0. The van der Waals surface area contributed by atoms with E-state index >= 15 is 0 Å². The Morgan fingerprint density at radius 3 is 2.81 bits per heavy atom. The Hall–Kier alpha value is -2.00. The van der Waals surface area contributed by atoms with Gasteiger partial charge in [0.2, 0.25) is 10.1 Å². The molecule has 9 heteroatoms. The van der Waals surface area contributed by atoms with Crippen LogP contribution in [0.1, 0.15) is 16.8 Å². The first kappa shape index (κ1) is 17.1. The third-order valence-electron chi connectivity index (χ3n) is 4.42. The van der Waals surface area contributed by atoms with Crippen LogP contribution < -0.4 is 4.90 Å². The smallest absolute Gasteiger partial charge is 0.214 e. The first-order valence-corrected chi connectivity index (χ1v) is 10.6. The lowest BCUT2D eigenvalue weighted by Crippen LogP contribution is -2.38. The van der Waals surface area contributed by atoms with Crippen molar-refractivity contribution in [2.75, 3.05) is 24.6 Å². The number of nitrogens with zero attached hydrogens (tertiary/aromatic N) is 5. The van der Waals surface area contributed by atoms with Gasteiger partial charge in [0, 0.05) is 28.2 Å². The predicted molar refractivity (Wildman–Crippen MR) is 109 cm³/mol. The average molecular weight is 418 g/mol. The van der Waals surface area contributed by atoms with E-state index in [4.69, 9.17) is 26.4 Å². The van der Waals surface area contributed by atoms with Gasteiger partial charge in [-0.3, -0.25) is 0 Å². The van der Waals surface area contributed by atoms with E-state index in [1.807, 2.05) is 41.9 Å². The van der Waals surface area contributed by atoms with Gasteiger partial charge in [-0.05, 0) is 19.1 Å². The van der Waals surface area contributed by atoms with Crippen LogP contribution in [0, 0.1) is 6.92 Å². The molecule has 5 rings (SSSR count). The summed E-state index contributed by atoms with van der Waals surface area (Å²) in [5.74, 6) is 0. The van der Waals surface area contributed by atoms with E-state index in [-0.39, 0.29) is 6.10 Å². The second-order valence-electron chi connectivity index (χ2n) is 6.38. The van der Waals surface area contributed by atoms with Crippen LogP contribution in [0.15, 0.2) is 35.8 Å². The molecule has 1 unspecified atom stereocenters. The maximum absolute atomic E-state index is 5.97. The monoisotopic (exact) mass is 417 g/mol. The largest absolute Gasteiger partial charge is 0.367 e. The Labute approximate surface area is 169 Å². The summed E-state index contributed by atoms with van der Waals surface area (Å²) in [7, 11) is 0. The number of imidazole rings is 1. The van der Waals surface area contributed by atoms with Gasteiger partial charge in [-0.1, -0.05) is 35.1 Å². The fraction of sp³-hybridized carbons (Fsp3) is 0.278. The van der Waals surface area contributed by atoms with Crippen LogP contribution in [0.4, 0.5) is 5.13 Å². The third kappa shape index (κ3) is 3.34. The number of anilines is 1. The maximum Gasteiger partial charge on any atom is 0.214 e. The van der Waals surface area contributed by atoms with Crippen LogP contribution in [0.2, 0.25) is 5.02 Å². The molecule has 6 nitrogen and oxygen atoms in total. The number of aromatic nitrogens is 4. The number of fused-ring (bicyclic) bond motifs is 1. The highest BCUT2D eigenvalue weighted by atomic mass is 35.5. The molecule has 0 N–H and O–H groups in total. The molecule has 1 aromatic carbocycles. The zero-order valence-electron chi connectivity index (χ0n) is 14.5. The molecule has 0 spiro atoms. The van der Waals surface area contributed by atoms with Crippen molar-refractivity contribution >= 4 is 44.4 Å². The number of rotatable bonds is 3. The molecule has 138 valence electrons. The molecular weight excluding hydrogens is 402 g/mol. The van der Waals surface area contributed by atoms with Crippen molar-refractivity contribution in [2.45, 2.75) is 13.0 Å². The Morgan fingerprint density at radius 2 is 2.07 bits per heavy atom. The number of halogens is 1. The van der Waals surface area contributed by atoms with Gasteiger partial charge in [-0.2, -0.15) is 0 Å². The normalized spacial score (nSPS) is 17.7. The van der Waals surface area contributed by atoms with Gasteiger partial charge < -0.3 is 9.64 Å². The van der Waals surface area contributed by atoms with Gasteiger partial charge in [-0.15, -0.1) is 16.4 Å². The van der Waals surface area contributed by atoms with Crippen molar-refractivity contribution in [3.05, 3.63) is 51.6 Å². The molecule has 4 heterocycles. The molecular formula is C18H16ClN5OS2. The molecule has 3 aromatic heterocycles. The molecule has 0 amide bonds. The third-order valence-corrected chi connectivity index (χ3v) is 6.71. The van der Waals surface area contributed by atoms with Crippen LogP contribution in [0.5, 0.6) is 0 Å². The Kier molecular flexibility index (Phi) is 4.35. The summed E-state index contributed by atoms with van der Waals surface area (Å²) >= 11 is 9.21. The number of thiazole rings is 1. The van der Waals surface area contributed by atoms with Crippen LogP contribution in [-0.4, -0.2) is 39.3 Å². The molecule has 4 aromatic rings. The number of hydrogen-bond acceptors (Lipinski definition) is 7. The van der Waals surface area contributed by atoms with E-state index < -0.39 is 0 Å². The number of morpholine rings is 1. The summed E-state index contributed by atoms with van der Waals surface area (Å²) in [5.41, 5.74) is 2.97. The molecule has 0 aliphatic carbocycles. The van der Waals surface area contributed by atoms with E-state index in [2.05, 4.69) is 15.3 Å². The number of benzene rings is 1. The molecule has 0 bridgehead atoms. The van der Waals surface area contributed by atoms with Gasteiger partial charge in [0.1, 0.15) is 11.1 Å². The SMILES string of the molecule is Cc1csc(C2CN(c3nn4cc(-c5ccc(Cl)cc5)nc4s3)CCO2)n1. The summed E-state index contributed by atoms with van der Waals surface area (Å²) in [5, 5.41) is 9.51. The first-order valence-electron chi connectivity index (χ1n) is 8.56. The molecule has 1 atom stereocenters. The van der Waals surface area contributed by atoms with E-state index in [9.17, 15) is 0 Å². The molecule has 1 aliphatic rings. The van der Waals surface area contributed by atoms with Crippen LogP contribution in [0.3, 0.4) is 0 Å². The van der Waals surface area contributed by atoms with Crippen molar-refractivity contribution in [1.82, 2.24) is 19.6 Å². The van der Waals surface area contributed by atoms with Crippen molar-refractivity contribution in [3.63, 3.8) is 0 Å². The molecule has 0 radical (unpaired) electrons. The Bertz CT molecular complexity index is 1060. The van der Waals surface area contributed by atoms with Crippen LogP contribution >= 0.6 is 34.3 Å². The van der Waals surface area contributed by atoms with Crippen molar-refractivity contribution < 1.29 is 4.74 Å². The standard InChI is InChI=1S/C18H16ClN5OS2/c1-11-10-26-16(20-11)15-9-23(6-7-25-15)18-22-24-8-14(21-17(24)27-18)12-2-4-13(19)5-3-12/h2-5,8,10,15H,6-7,9H2,1H3. The highest BCUT2D eigenvalue weighted by Gasteiger charge is 2.26. The molecule has 1 fully saturated rings. The Balaban J connectivity index is 1.38. The Morgan fingerprint density at radius 1 is 1.22 bits per heavy atom. The van der Waals surface area contributed by atoms with E-state index in [1.165, 1.54) is 0 Å². The lowest BCUT2D eigenvalue weighted by Gasteiger charge is -2.31. The van der Waals surface area contributed by atoms with E-state index in [0.717, 1.165) is 50.2 Å². The zero-order chi connectivity index (χ0) is 18.4. The highest BCUT2D eigenvalue weighted by Crippen LogP contribution is 2.31. The van der Waals surface area contributed by atoms with Crippen LogP contribution in [0.25, 0.3) is 16.2 Å². The summed E-state index contributed by atoms with van der Waals surface area (Å²) in [6.45, 7) is 4.26. The second-order valence-corrected chi connectivity index (χ2v) is 8.64. The quantitative estimate of drug-likeness (QED) is 0.492. The minimum Gasteiger partial charge on any atom is -0.367 e. The zero-order valence-corrected chi connectivity index (χ0v) is 16.9. The summed E-state index contributed by atoms with van der Waals surface area (Å²) in [6.07, 6.45) is 1.96. The molecule has 1 aliphatic heterocycles. The van der Waals surface area contributed by atoms with Crippen molar-refractivity contribution in [2.24, 2.45) is 0 Å². The number of aryl methyl sites for hydroxylation is 1. The number of ether oxygens (including phenoxy) is 1. The molecule has 27 heavy (non-hydrogen) atoms. The van der Waals surface area contributed by atoms with Crippen molar-refractivity contribution in [1.29, 1.82) is 0 Å². The van der Waals surface area contributed by atoms with Gasteiger partial charge in [0.05, 0.1) is 25.0 Å². The summed E-state index contributed by atoms with van der Waals surface area (Å²) < 4.78 is 7.77. The maximum atomic E-state index is 5.97. The topological polar surface area (TPSA) is 55.6 Å². The average Bonchev–Trinajstić information content (AvgIpc) is 3.37. The minimum absolute atomic E-state index is 0.00157.